The minimum atomic E-state index is -0.540. The van der Waals surface area contributed by atoms with Gasteiger partial charge in [-0.1, -0.05) is 54.6 Å². The zero-order valence-electron chi connectivity index (χ0n) is 13.0. The normalized spacial score (nSPS) is 10.0. The van der Waals surface area contributed by atoms with Gasteiger partial charge in [-0.3, -0.25) is 5.32 Å². The van der Waals surface area contributed by atoms with Crippen LogP contribution in [0, 0.1) is 0 Å². The van der Waals surface area contributed by atoms with E-state index < -0.39 is 6.09 Å². The Hall–Kier alpha value is -3.27. The highest BCUT2D eigenvalue weighted by atomic mass is 16.6. The molecule has 0 heterocycles. The number of nitrogens with one attached hydrogen (secondary N) is 1. The van der Waals surface area contributed by atoms with Crippen LogP contribution < -0.4 is 14.8 Å². The first-order valence-electron chi connectivity index (χ1n) is 7.60. The number of para-hydroxylation sites is 1. The molecule has 1 amide bonds. The summed E-state index contributed by atoms with van der Waals surface area (Å²) in [6.45, 7) is 0.459. The van der Waals surface area contributed by atoms with Crippen LogP contribution in [-0.4, -0.2) is 6.09 Å². The standard InChI is InChI=1S/C20H17NO3/c22-20(21-17-10-5-2-6-11-17)24-19-13-7-12-18(14-19)23-15-16-8-3-1-4-9-16/h1-14H,15H2,(H,21,22). The fourth-order valence-electron chi connectivity index (χ4n) is 2.14. The van der Waals surface area contributed by atoms with Crippen molar-refractivity contribution in [3.8, 4) is 11.5 Å². The average Bonchev–Trinajstić information content (AvgIpc) is 2.62. The molecule has 0 bridgehead atoms. The number of hydrogen-bond donors (Lipinski definition) is 1. The number of carbonyl (C=O) groups is 1. The lowest BCUT2D eigenvalue weighted by atomic mass is 10.2. The van der Waals surface area contributed by atoms with E-state index in [1.54, 1.807) is 30.3 Å². The molecule has 0 unspecified atom stereocenters. The molecule has 120 valence electrons. The van der Waals surface area contributed by atoms with E-state index in [0.29, 0.717) is 23.8 Å². The molecule has 0 saturated carbocycles. The van der Waals surface area contributed by atoms with Crippen molar-refractivity contribution in [1.29, 1.82) is 0 Å². The summed E-state index contributed by atoms with van der Waals surface area (Å²) in [6, 6.07) is 26.0. The molecule has 0 saturated heterocycles. The van der Waals surface area contributed by atoms with Crippen LogP contribution in [0.25, 0.3) is 0 Å². The largest absolute Gasteiger partial charge is 0.489 e. The fourth-order valence-corrected chi connectivity index (χ4v) is 2.14. The molecule has 3 rings (SSSR count). The third-order valence-electron chi connectivity index (χ3n) is 3.28. The van der Waals surface area contributed by atoms with Crippen LogP contribution in [0.4, 0.5) is 10.5 Å². The molecule has 3 aromatic carbocycles. The SMILES string of the molecule is O=C(Nc1ccccc1)Oc1cccc(OCc2ccccc2)c1. The molecule has 4 nitrogen and oxygen atoms in total. The second kappa shape index (κ2) is 7.83. The first-order chi connectivity index (χ1) is 11.8. The van der Waals surface area contributed by atoms with E-state index >= 15 is 0 Å². The predicted molar refractivity (Wildman–Crippen MR) is 93.3 cm³/mol. The molecular formula is C20H17NO3. The zero-order chi connectivity index (χ0) is 16.6. The van der Waals surface area contributed by atoms with Gasteiger partial charge >= 0.3 is 6.09 Å². The first kappa shape index (κ1) is 15.6. The van der Waals surface area contributed by atoms with E-state index in [0.717, 1.165) is 5.56 Å². The van der Waals surface area contributed by atoms with Crippen LogP contribution in [0.5, 0.6) is 11.5 Å². The summed E-state index contributed by atoms with van der Waals surface area (Å²) in [5.41, 5.74) is 1.75. The van der Waals surface area contributed by atoms with Crippen molar-refractivity contribution in [2.24, 2.45) is 0 Å². The molecule has 0 atom stereocenters. The Labute approximate surface area is 140 Å². The van der Waals surface area contributed by atoms with Crippen LogP contribution in [0.3, 0.4) is 0 Å². The van der Waals surface area contributed by atoms with Gasteiger partial charge in [-0.05, 0) is 29.8 Å². The Morgan fingerprint density at radius 3 is 2.21 bits per heavy atom. The van der Waals surface area contributed by atoms with E-state index in [4.69, 9.17) is 9.47 Å². The molecule has 4 heteroatoms. The Morgan fingerprint density at radius 1 is 0.792 bits per heavy atom. The molecule has 0 aliphatic rings. The Balaban J connectivity index is 1.57. The second-order valence-corrected chi connectivity index (χ2v) is 5.13. The molecule has 0 aliphatic carbocycles. The fraction of sp³-hybridized carbons (Fsp3) is 0.0500. The number of rotatable bonds is 5. The van der Waals surface area contributed by atoms with Gasteiger partial charge in [-0.25, -0.2) is 4.79 Å². The molecule has 1 N–H and O–H groups in total. The highest BCUT2D eigenvalue weighted by Crippen LogP contribution is 2.21. The van der Waals surface area contributed by atoms with Gasteiger partial charge in [0, 0.05) is 11.8 Å². The Morgan fingerprint density at radius 2 is 1.46 bits per heavy atom. The maximum atomic E-state index is 11.9. The van der Waals surface area contributed by atoms with Gasteiger partial charge in [0.05, 0.1) is 0 Å². The van der Waals surface area contributed by atoms with Crippen LogP contribution in [-0.2, 0) is 6.61 Å². The molecule has 0 radical (unpaired) electrons. The number of amides is 1. The number of benzene rings is 3. The summed E-state index contributed by atoms with van der Waals surface area (Å²) in [4.78, 5) is 11.9. The van der Waals surface area contributed by atoms with Crippen LogP contribution in [0.15, 0.2) is 84.9 Å². The molecular weight excluding hydrogens is 302 g/mol. The number of hydrogen-bond acceptors (Lipinski definition) is 3. The summed E-state index contributed by atoms with van der Waals surface area (Å²) in [6.07, 6.45) is -0.540. The number of anilines is 1. The molecule has 0 aromatic heterocycles. The lowest BCUT2D eigenvalue weighted by Crippen LogP contribution is -2.16. The maximum absolute atomic E-state index is 11.9. The first-order valence-corrected chi connectivity index (χ1v) is 7.60. The van der Waals surface area contributed by atoms with Gasteiger partial charge in [0.2, 0.25) is 0 Å². The minimum absolute atomic E-state index is 0.425. The van der Waals surface area contributed by atoms with Crippen LogP contribution in [0.1, 0.15) is 5.56 Å². The molecule has 0 fully saturated rings. The second-order valence-electron chi connectivity index (χ2n) is 5.13. The van der Waals surface area contributed by atoms with Crippen molar-refractivity contribution in [2.45, 2.75) is 6.61 Å². The van der Waals surface area contributed by atoms with Crippen molar-refractivity contribution >= 4 is 11.8 Å². The van der Waals surface area contributed by atoms with E-state index in [1.807, 2.05) is 54.6 Å². The van der Waals surface area contributed by atoms with E-state index in [9.17, 15) is 4.79 Å². The van der Waals surface area contributed by atoms with E-state index in [2.05, 4.69) is 5.32 Å². The summed E-state index contributed by atoms with van der Waals surface area (Å²) < 4.78 is 11.0. The lowest BCUT2D eigenvalue weighted by Gasteiger charge is -2.09. The maximum Gasteiger partial charge on any atom is 0.417 e. The predicted octanol–water partition coefficient (Wildman–Crippen LogP) is 4.88. The monoisotopic (exact) mass is 319 g/mol. The molecule has 0 spiro atoms. The van der Waals surface area contributed by atoms with Gasteiger partial charge in [-0.2, -0.15) is 0 Å². The minimum Gasteiger partial charge on any atom is -0.489 e. The van der Waals surface area contributed by atoms with Gasteiger partial charge < -0.3 is 9.47 Å². The van der Waals surface area contributed by atoms with Crippen molar-refractivity contribution in [1.82, 2.24) is 0 Å². The van der Waals surface area contributed by atoms with Crippen molar-refractivity contribution < 1.29 is 14.3 Å². The van der Waals surface area contributed by atoms with Gasteiger partial charge in [-0.15, -0.1) is 0 Å². The highest BCUT2D eigenvalue weighted by molar-refractivity contribution is 5.86. The van der Waals surface area contributed by atoms with Crippen molar-refractivity contribution in [2.75, 3.05) is 5.32 Å². The topological polar surface area (TPSA) is 47.6 Å². The Kier molecular flexibility index (Phi) is 5.10. The quantitative estimate of drug-likeness (QED) is 0.729. The van der Waals surface area contributed by atoms with Crippen molar-refractivity contribution in [3.05, 3.63) is 90.5 Å². The van der Waals surface area contributed by atoms with Crippen LogP contribution in [0.2, 0.25) is 0 Å². The summed E-state index contributed by atoms with van der Waals surface area (Å²) in [5, 5.41) is 2.67. The third kappa shape index (κ3) is 4.61. The molecule has 0 aliphatic heterocycles. The lowest BCUT2D eigenvalue weighted by molar-refractivity contribution is 0.215. The van der Waals surface area contributed by atoms with Gasteiger partial charge in [0.15, 0.2) is 0 Å². The zero-order valence-corrected chi connectivity index (χ0v) is 13.0. The van der Waals surface area contributed by atoms with E-state index in [1.165, 1.54) is 0 Å². The van der Waals surface area contributed by atoms with Crippen molar-refractivity contribution in [3.63, 3.8) is 0 Å². The average molecular weight is 319 g/mol. The molecule has 3 aromatic rings. The van der Waals surface area contributed by atoms with Gasteiger partial charge in [0.1, 0.15) is 18.1 Å². The van der Waals surface area contributed by atoms with Crippen LogP contribution >= 0.6 is 0 Å². The highest BCUT2D eigenvalue weighted by Gasteiger charge is 2.06. The summed E-state index contributed by atoms with van der Waals surface area (Å²) in [5.74, 6) is 1.07. The third-order valence-corrected chi connectivity index (χ3v) is 3.28. The summed E-state index contributed by atoms with van der Waals surface area (Å²) in [7, 11) is 0. The number of ether oxygens (including phenoxy) is 2. The summed E-state index contributed by atoms with van der Waals surface area (Å²) >= 11 is 0. The van der Waals surface area contributed by atoms with E-state index in [-0.39, 0.29) is 0 Å². The Bertz CT molecular complexity index is 788. The smallest absolute Gasteiger partial charge is 0.417 e. The molecule has 24 heavy (non-hydrogen) atoms. The number of carbonyl (C=O) groups excluding carboxylic acids is 1. The van der Waals surface area contributed by atoms with Gasteiger partial charge in [0.25, 0.3) is 0 Å².